The predicted octanol–water partition coefficient (Wildman–Crippen LogP) is 1.07. The summed E-state index contributed by atoms with van der Waals surface area (Å²) < 4.78 is 1.93. The van der Waals surface area contributed by atoms with Crippen LogP contribution in [0.4, 0.5) is 0 Å². The van der Waals surface area contributed by atoms with Gasteiger partial charge in [0.1, 0.15) is 0 Å². The molecule has 3 N–H and O–H groups in total. The van der Waals surface area contributed by atoms with E-state index in [4.69, 9.17) is 5.84 Å². The van der Waals surface area contributed by atoms with Crippen LogP contribution in [-0.2, 0) is 13.5 Å². The van der Waals surface area contributed by atoms with Gasteiger partial charge >= 0.3 is 0 Å². The van der Waals surface area contributed by atoms with Crippen molar-refractivity contribution < 1.29 is 0 Å². The fraction of sp³-hybridized carbons (Fsp3) is 0.727. The van der Waals surface area contributed by atoms with Crippen molar-refractivity contribution in [3.05, 3.63) is 17.0 Å². The Hall–Kier alpha value is -0.870. The van der Waals surface area contributed by atoms with Crippen LogP contribution in [0.2, 0.25) is 0 Å². The second kappa shape index (κ2) is 4.77. The van der Waals surface area contributed by atoms with Gasteiger partial charge in [-0.15, -0.1) is 0 Å². The number of nitrogens with zero attached hydrogens (tertiary/aromatic N) is 2. The molecule has 0 radical (unpaired) electrons. The van der Waals surface area contributed by atoms with Gasteiger partial charge in [0.2, 0.25) is 0 Å². The molecule has 0 aromatic carbocycles. The molecule has 4 heteroatoms. The average Bonchev–Trinajstić information content (AvgIpc) is 2.39. The summed E-state index contributed by atoms with van der Waals surface area (Å²) in [5, 5.41) is 4.41. The SMILES string of the molecule is Cc1nn(C)c(C)c1CC(NN)C(C)C. The Kier molecular flexibility index (Phi) is 3.88. The Morgan fingerprint density at radius 3 is 2.33 bits per heavy atom. The third-order valence-electron chi connectivity index (χ3n) is 3.10. The van der Waals surface area contributed by atoms with E-state index in [9.17, 15) is 0 Å². The van der Waals surface area contributed by atoms with Crippen molar-refractivity contribution in [2.24, 2.45) is 18.8 Å². The molecular formula is C11H22N4. The molecule has 0 bridgehead atoms. The zero-order valence-corrected chi connectivity index (χ0v) is 10.3. The number of hydrogen-bond donors (Lipinski definition) is 2. The van der Waals surface area contributed by atoms with Crippen LogP contribution in [0.5, 0.6) is 0 Å². The second-order valence-corrected chi connectivity index (χ2v) is 4.49. The van der Waals surface area contributed by atoms with Gasteiger partial charge in [-0.2, -0.15) is 5.10 Å². The minimum Gasteiger partial charge on any atom is -0.272 e. The monoisotopic (exact) mass is 210 g/mol. The normalized spacial score (nSPS) is 13.5. The van der Waals surface area contributed by atoms with E-state index in [1.165, 1.54) is 11.3 Å². The highest BCUT2D eigenvalue weighted by molar-refractivity contribution is 5.25. The van der Waals surface area contributed by atoms with E-state index in [0.717, 1.165) is 12.1 Å². The maximum Gasteiger partial charge on any atom is 0.0628 e. The maximum absolute atomic E-state index is 5.55. The molecule has 1 rings (SSSR count). The van der Waals surface area contributed by atoms with Crippen LogP contribution in [0.25, 0.3) is 0 Å². The summed E-state index contributed by atoms with van der Waals surface area (Å²) in [5.41, 5.74) is 6.53. The first kappa shape index (κ1) is 12.2. The van der Waals surface area contributed by atoms with Gasteiger partial charge < -0.3 is 0 Å². The molecule has 1 atom stereocenters. The Balaban J connectivity index is 2.88. The molecule has 0 saturated heterocycles. The van der Waals surface area contributed by atoms with Gasteiger partial charge in [0, 0.05) is 18.8 Å². The molecule has 1 aromatic heterocycles. The quantitative estimate of drug-likeness (QED) is 0.577. The topological polar surface area (TPSA) is 55.9 Å². The number of hydrazine groups is 1. The molecule has 15 heavy (non-hydrogen) atoms. The van der Waals surface area contributed by atoms with Crippen molar-refractivity contribution >= 4 is 0 Å². The van der Waals surface area contributed by atoms with Gasteiger partial charge in [-0.3, -0.25) is 16.0 Å². The van der Waals surface area contributed by atoms with Gasteiger partial charge in [-0.05, 0) is 31.7 Å². The summed E-state index contributed by atoms with van der Waals surface area (Å²) in [7, 11) is 1.98. The van der Waals surface area contributed by atoms with E-state index in [0.29, 0.717) is 12.0 Å². The zero-order valence-electron chi connectivity index (χ0n) is 10.3. The molecular weight excluding hydrogens is 188 g/mol. The molecule has 0 aliphatic carbocycles. The smallest absolute Gasteiger partial charge is 0.0628 e. The van der Waals surface area contributed by atoms with Crippen molar-refractivity contribution in [1.82, 2.24) is 15.2 Å². The molecule has 0 aliphatic heterocycles. The molecule has 0 saturated carbocycles. The van der Waals surface area contributed by atoms with Gasteiger partial charge in [-0.1, -0.05) is 13.8 Å². The van der Waals surface area contributed by atoms with Crippen LogP contribution in [0.1, 0.15) is 30.8 Å². The van der Waals surface area contributed by atoms with Crippen molar-refractivity contribution in [3.8, 4) is 0 Å². The molecule has 86 valence electrons. The molecule has 1 aromatic rings. The van der Waals surface area contributed by atoms with Crippen LogP contribution >= 0.6 is 0 Å². The number of nitrogens with one attached hydrogen (secondary N) is 1. The summed E-state index contributed by atoms with van der Waals surface area (Å²) in [5.74, 6) is 6.07. The number of rotatable bonds is 4. The first-order valence-corrected chi connectivity index (χ1v) is 5.42. The lowest BCUT2D eigenvalue weighted by Crippen LogP contribution is -2.40. The Bertz CT molecular complexity index is 328. The molecule has 0 fully saturated rings. The highest BCUT2D eigenvalue weighted by Crippen LogP contribution is 2.16. The first-order chi connectivity index (χ1) is 6.97. The van der Waals surface area contributed by atoms with Crippen LogP contribution in [0.3, 0.4) is 0 Å². The van der Waals surface area contributed by atoms with E-state index in [1.807, 2.05) is 11.7 Å². The molecule has 1 heterocycles. The molecule has 0 spiro atoms. The van der Waals surface area contributed by atoms with Crippen LogP contribution in [-0.4, -0.2) is 15.8 Å². The van der Waals surface area contributed by atoms with Gasteiger partial charge in [-0.25, -0.2) is 0 Å². The Morgan fingerprint density at radius 1 is 1.40 bits per heavy atom. The van der Waals surface area contributed by atoms with Crippen LogP contribution < -0.4 is 11.3 Å². The predicted molar refractivity (Wildman–Crippen MR) is 62.3 cm³/mol. The fourth-order valence-electron chi connectivity index (χ4n) is 1.82. The number of aromatic nitrogens is 2. The van der Waals surface area contributed by atoms with Crippen molar-refractivity contribution in [2.45, 2.75) is 40.2 Å². The van der Waals surface area contributed by atoms with Crippen LogP contribution in [0.15, 0.2) is 0 Å². The summed E-state index contributed by atoms with van der Waals surface area (Å²) >= 11 is 0. The molecule has 4 nitrogen and oxygen atoms in total. The number of aryl methyl sites for hydroxylation is 2. The molecule has 0 aliphatic rings. The number of hydrogen-bond acceptors (Lipinski definition) is 3. The molecule has 0 amide bonds. The highest BCUT2D eigenvalue weighted by Gasteiger charge is 2.17. The lowest BCUT2D eigenvalue weighted by Gasteiger charge is -2.19. The first-order valence-electron chi connectivity index (χ1n) is 5.42. The summed E-state index contributed by atoms with van der Waals surface area (Å²) in [6, 6.07) is 0.312. The summed E-state index contributed by atoms with van der Waals surface area (Å²) in [4.78, 5) is 0. The third kappa shape index (κ3) is 2.58. The molecule has 1 unspecified atom stereocenters. The third-order valence-corrected chi connectivity index (χ3v) is 3.10. The average molecular weight is 210 g/mol. The van der Waals surface area contributed by atoms with Crippen molar-refractivity contribution in [1.29, 1.82) is 0 Å². The van der Waals surface area contributed by atoms with Crippen molar-refractivity contribution in [2.75, 3.05) is 0 Å². The lowest BCUT2D eigenvalue weighted by molar-refractivity contribution is 0.403. The number of nitrogens with two attached hydrogens (primary N) is 1. The summed E-state index contributed by atoms with van der Waals surface area (Å²) in [6.45, 7) is 8.50. The minimum atomic E-state index is 0.312. The van der Waals surface area contributed by atoms with Gasteiger partial charge in [0.25, 0.3) is 0 Å². The van der Waals surface area contributed by atoms with E-state index < -0.39 is 0 Å². The van der Waals surface area contributed by atoms with Gasteiger partial charge in [0.05, 0.1) is 5.69 Å². The second-order valence-electron chi connectivity index (χ2n) is 4.49. The zero-order chi connectivity index (χ0) is 11.6. The highest BCUT2D eigenvalue weighted by atomic mass is 15.3. The Labute approximate surface area is 91.8 Å². The fourth-order valence-corrected chi connectivity index (χ4v) is 1.82. The van der Waals surface area contributed by atoms with E-state index >= 15 is 0 Å². The minimum absolute atomic E-state index is 0.312. The maximum atomic E-state index is 5.55. The standard InChI is InChI=1S/C11H22N4/c1-7(2)11(13-12)6-10-8(3)14-15(5)9(10)4/h7,11,13H,6,12H2,1-5H3. The van der Waals surface area contributed by atoms with Crippen molar-refractivity contribution in [3.63, 3.8) is 0 Å². The van der Waals surface area contributed by atoms with E-state index in [2.05, 4.69) is 38.2 Å². The van der Waals surface area contributed by atoms with E-state index in [-0.39, 0.29) is 0 Å². The van der Waals surface area contributed by atoms with E-state index in [1.54, 1.807) is 0 Å². The van der Waals surface area contributed by atoms with Gasteiger partial charge in [0.15, 0.2) is 0 Å². The summed E-state index contributed by atoms with van der Waals surface area (Å²) in [6.07, 6.45) is 0.944. The van der Waals surface area contributed by atoms with Crippen LogP contribution in [0, 0.1) is 19.8 Å². The largest absolute Gasteiger partial charge is 0.272 e. The Morgan fingerprint density at radius 2 is 2.00 bits per heavy atom. The lowest BCUT2D eigenvalue weighted by atomic mass is 9.96.